The monoisotopic (exact) mass is 813 g/mol. The SMILES string of the molecule is CC1CC(c2cccc3oc4ccccc4c23)=Cc2oc3cccc(-c4nc(-c5ccc(-c6cccc7ccccc67)cc5)nc(-c5ccc6c(c5)sc5ccccc56)n4)c3c21. The lowest BCUT2D eigenvalue weighted by atomic mass is 9.82. The molecule has 0 saturated carbocycles. The quantitative estimate of drug-likeness (QED) is 0.173. The zero-order valence-corrected chi connectivity index (χ0v) is 34.4. The Labute approximate surface area is 360 Å². The largest absolute Gasteiger partial charge is 0.456 e. The Morgan fingerprint density at radius 2 is 1.08 bits per heavy atom. The minimum Gasteiger partial charge on any atom is -0.456 e. The van der Waals surface area contributed by atoms with E-state index in [1.165, 1.54) is 53.2 Å². The molecule has 4 aromatic heterocycles. The number of furan rings is 2. The van der Waals surface area contributed by atoms with E-state index in [1.807, 2.05) is 18.2 Å². The van der Waals surface area contributed by atoms with Crippen LogP contribution in [0.15, 0.2) is 179 Å². The molecule has 0 bridgehead atoms. The van der Waals surface area contributed by atoms with Crippen molar-refractivity contribution in [1.82, 2.24) is 15.0 Å². The normalized spacial score (nSPS) is 14.1. The van der Waals surface area contributed by atoms with Crippen molar-refractivity contribution in [3.05, 3.63) is 187 Å². The zero-order valence-electron chi connectivity index (χ0n) is 33.6. The third-order valence-corrected chi connectivity index (χ3v) is 13.7. The fourth-order valence-corrected chi connectivity index (χ4v) is 10.9. The summed E-state index contributed by atoms with van der Waals surface area (Å²) in [4.78, 5) is 15.8. The van der Waals surface area contributed by atoms with Gasteiger partial charge in [0.2, 0.25) is 0 Å². The summed E-state index contributed by atoms with van der Waals surface area (Å²) in [5, 5.41) is 8.26. The maximum atomic E-state index is 6.78. The lowest BCUT2D eigenvalue weighted by Crippen LogP contribution is -2.04. The Hall–Kier alpha value is -7.67. The number of para-hydroxylation sites is 1. The number of hydrogen-bond acceptors (Lipinski definition) is 6. The van der Waals surface area contributed by atoms with Crippen molar-refractivity contribution in [1.29, 1.82) is 0 Å². The van der Waals surface area contributed by atoms with Gasteiger partial charge in [0.15, 0.2) is 17.5 Å². The van der Waals surface area contributed by atoms with Gasteiger partial charge in [0.25, 0.3) is 0 Å². The van der Waals surface area contributed by atoms with Gasteiger partial charge in [0.05, 0.1) is 0 Å². The van der Waals surface area contributed by atoms with Gasteiger partial charge in [0.1, 0.15) is 22.5 Å². The molecule has 0 radical (unpaired) electrons. The molecule has 5 nitrogen and oxygen atoms in total. The van der Waals surface area contributed by atoms with Crippen molar-refractivity contribution in [2.24, 2.45) is 0 Å². The number of nitrogens with zero attached hydrogens (tertiary/aromatic N) is 3. The van der Waals surface area contributed by atoms with Gasteiger partial charge in [-0.2, -0.15) is 0 Å². The molecule has 1 unspecified atom stereocenters. The van der Waals surface area contributed by atoms with Crippen molar-refractivity contribution in [3.63, 3.8) is 0 Å². The van der Waals surface area contributed by atoms with E-state index < -0.39 is 0 Å². The predicted molar refractivity (Wildman–Crippen MR) is 256 cm³/mol. The van der Waals surface area contributed by atoms with Crippen molar-refractivity contribution in [2.75, 3.05) is 0 Å². The van der Waals surface area contributed by atoms with Gasteiger partial charge in [-0.3, -0.25) is 0 Å². The molecule has 292 valence electrons. The molecule has 0 fully saturated rings. The van der Waals surface area contributed by atoms with Crippen LogP contribution in [0.1, 0.15) is 36.1 Å². The smallest absolute Gasteiger partial charge is 0.164 e. The van der Waals surface area contributed by atoms with Gasteiger partial charge in [-0.25, -0.2) is 15.0 Å². The summed E-state index contributed by atoms with van der Waals surface area (Å²) >= 11 is 1.80. The molecule has 6 heteroatoms. The summed E-state index contributed by atoms with van der Waals surface area (Å²) in [5.74, 6) is 2.91. The van der Waals surface area contributed by atoms with Gasteiger partial charge >= 0.3 is 0 Å². The lowest BCUT2D eigenvalue weighted by molar-refractivity contribution is 0.588. The third kappa shape index (κ3) is 5.50. The zero-order chi connectivity index (χ0) is 40.9. The predicted octanol–water partition coefficient (Wildman–Crippen LogP) is 15.8. The molecule has 1 atom stereocenters. The summed E-state index contributed by atoms with van der Waals surface area (Å²) in [5.41, 5.74) is 11.3. The Balaban J connectivity index is 0.975. The van der Waals surface area contributed by atoms with Crippen LogP contribution in [-0.2, 0) is 0 Å². The Morgan fingerprint density at radius 3 is 1.95 bits per heavy atom. The third-order valence-electron chi connectivity index (χ3n) is 12.6. The molecule has 1 aliphatic carbocycles. The Kier molecular flexibility index (Phi) is 7.75. The number of rotatable bonds is 5. The van der Waals surface area contributed by atoms with Gasteiger partial charge < -0.3 is 8.83 Å². The highest BCUT2D eigenvalue weighted by atomic mass is 32.1. The first-order chi connectivity index (χ1) is 30.6. The van der Waals surface area contributed by atoms with Crippen molar-refractivity contribution >= 4 is 86.8 Å². The molecule has 12 aromatic rings. The molecular weight excluding hydrogens is 779 g/mol. The topological polar surface area (TPSA) is 65.0 Å². The minimum absolute atomic E-state index is 0.165. The number of thiophene rings is 1. The van der Waals surface area contributed by atoms with E-state index in [2.05, 4.69) is 165 Å². The van der Waals surface area contributed by atoms with E-state index in [9.17, 15) is 0 Å². The fraction of sp³-hybridized carbons (Fsp3) is 0.0536. The second-order valence-corrected chi connectivity index (χ2v) is 17.4. The van der Waals surface area contributed by atoms with E-state index >= 15 is 0 Å². The molecule has 0 aliphatic heterocycles. The first-order valence-electron chi connectivity index (χ1n) is 21.0. The van der Waals surface area contributed by atoms with E-state index in [0.29, 0.717) is 17.5 Å². The molecule has 0 amide bonds. The minimum atomic E-state index is 0.165. The van der Waals surface area contributed by atoms with Crippen LogP contribution < -0.4 is 0 Å². The van der Waals surface area contributed by atoms with Gasteiger partial charge in [0, 0.05) is 58.6 Å². The van der Waals surface area contributed by atoms with Gasteiger partial charge in [-0.15, -0.1) is 11.3 Å². The van der Waals surface area contributed by atoms with Crippen molar-refractivity contribution in [2.45, 2.75) is 19.3 Å². The first-order valence-corrected chi connectivity index (χ1v) is 21.9. The number of allylic oxidation sites excluding steroid dienone is 1. The van der Waals surface area contributed by atoms with E-state index in [0.717, 1.165) is 67.3 Å². The molecule has 0 N–H and O–H groups in total. The number of aromatic nitrogens is 3. The van der Waals surface area contributed by atoms with Crippen LogP contribution in [0.4, 0.5) is 0 Å². The maximum Gasteiger partial charge on any atom is 0.164 e. The average Bonchev–Trinajstić information content (AvgIpc) is 4.02. The van der Waals surface area contributed by atoms with E-state index in [4.69, 9.17) is 23.8 Å². The first kappa shape index (κ1) is 35.1. The summed E-state index contributed by atoms with van der Waals surface area (Å²) < 4.78 is 15.5. The molecule has 0 spiro atoms. The van der Waals surface area contributed by atoms with Crippen LogP contribution in [0, 0.1) is 0 Å². The molecule has 4 heterocycles. The molecule has 0 saturated heterocycles. The molecular formula is C56H35N3O2S. The summed E-state index contributed by atoms with van der Waals surface area (Å²) in [6.45, 7) is 2.30. The van der Waals surface area contributed by atoms with Crippen molar-refractivity contribution < 1.29 is 8.83 Å². The van der Waals surface area contributed by atoms with Crippen LogP contribution in [-0.4, -0.2) is 15.0 Å². The van der Waals surface area contributed by atoms with Gasteiger partial charge in [-0.05, 0) is 81.8 Å². The maximum absolute atomic E-state index is 6.78. The summed E-state index contributed by atoms with van der Waals surface area (Å²) in [6, 6.07) is 59.7. The second-order valence-electron chi connectivity index (χ2n) is 16.3. The molecule has 1 aliphatic rings. The number of benzene rings is 8. The standard InChI is InChI=1S/C56H35N3O2S/c1-32-29-37(40-17-9-20-46-52(40)43-15-4-6-19-45(43)60-46)30-48-51(32)53-44(18-10-21-47(53)61-48)56-58-54(35-25-23-34(24-26-35)39-16-8-12-33-11-2-3-13-38(33)39)57-55(59-56)36-27-28-42-41-14-5-7-22-49(41)62-50(42)31-36/h2-28,30-32H,29H2,1H3. The fourth-order valence-electron chi connectivity index (χ4n) is 9.75. The Morgan fingerprint density at radius 1 is 0.468 bits per heavy atom. The van der Waals surface area contributed by atoms with E-state index in [-0.39, 0.29) is 5.92 Å². The highest BCUT2D eigenvalue weighted by Crippen LogP contribution is 2.48. The van der Waals surface area contributed by atoms with E-state index in [1.54, 1.807) is 11.3 Å². The Bertz CT molecular complexity index is 3810. The van der Waals surface area contributed by atoms with Crippen LogP contribution >= 0.6 is 11.3 Å². The molecule has 62 heavy (non-hydrogen) atoms. The van der Waals surface area contributed by atoms with Crippen LogP contribution in [0.2, 0.25) is 0 Å². The number of hydrogen-bond donors (Lipinski definition) is 0. The van der Waals surface area contributed by atoms with Crippen LogP contribution in [0.25, 0.3) is 121 Å². The highest BCUT2D eigenvalue weighted by molar-refractivity contribution is 7.25. The lowest BCUT2D eigenvalue weighted by Gasteiger charge is -2.21. The van der Waals surface area contributed by atoms with Crippen molar-refractivity contribution in [3.8, 4) is 45.3 Å². The number of fused-ring (bicyclic) bond motifs is 10. The second kappa shape index (κ2) is 13.7. The highest BCUT2D eigenvalue weighted by Gasteiger charge is 2.29. The van der Waals surface area contributed by atoms with Crippen LogP contribution in [0.3, 0.4) is 0 Å². The van der Waals surface area contributed by atoms with Gasteiger partial charge in [-0.1, -0.05) is 146 Å². The van der Waals surface area contributed by atoms with Crippen LogP contribution in [0.5, 0.6) is 0 Å². The summed E-state index contributed by atoms with van der Waals surface area (Å²) in [7, 11) is 0. The average molecular weight is 814 g/mol. The molecule has 13 rings (SSSR count). The molecule has 8 aromatic carbocycles. The summed E-state index contributed by atoms with van der Waals surface area (Å²) in [6.07, 6.45) is 3.08.